The third-order valence-corrected chi connectivity index (χ3v) is 12.3. The lowest BCUT2D eigenvalue weighted by molar-refractivity contribution is 0.380. The van der Waals surface area contributed by atoms with Crippen LogP contribution in [-0.2, 0) is 0 Å². The Balaban J connectivity index is 3.02. The first kappa shape index (κ1) is 13.5. The van der Waals surface area contributed by atoms with Crippen LogP contribution in [0, 0.1) is 0 Å². The van der Waals surface area contributed by atoms with Crippen LogP contribution >= 0.6 is 0 Å². The highest BCUT2D eigenvalue weighted by atomic mass is 28.3. The second-order valence-corrected chi connectivity index (χ2v) is 18.9. The van der Waals surface area contributed by atoms with Gasteiger partial charge in [0.1, 0.15) is 0 Å². The molecule has 0 amide bonds. The van der Waals surface area contributed by atoms with Gasteiger partial charge >= 0.3 is 0 Å². The minimum absolute atomic E-state index is 0.718. The van der Waals surface area contributed by atoms with E-state index in [0.29, 0.717) is 0 Å². The van der Waals surface area contributed by atoms with Gasteiger partial charge in [-0.1, -0.05) is 71.9 Å². The van der Waals surface area contributed by atoms with E-state index in [1.54, 1.807) is 0 Å². The van der Waals surface area contributed by atoms with Crippen molar-refractivity contribution in [1.82, 2.24) is 0 Å². The smallest absolute Gasteiger partial charge is 0.0502 e. The third-order valence-electron chi connectivity index (χ3n) is 4.97. The zero-order chi connectivity index (χ0) is 11.9. The van der Waals surface area contributed by atoms with Gasteiger partial charge in [0.05, 0.1) is 8.07 Å². The predicted molar refractivity (Wildman–Crippen MR) is 77.3 cm³/mol. The molecule has 15 heavy (non-hydrogen) atoms. The predicted octanol–water partition coefficient (Wildman–Crippen LogP) is 5.37. The van der Waals surface area contributed by atoms with Crippen LogP contribution in [0.4, 0.5) is 0 Å². The second-order valence-electron chi connectivity index (χ2n) is 7.83. The topological polar surface area (TPSA) is 0 Å². The molecular formula is C13H30Si2. The van der Waals surface area contributed by atoms with E-state index in [1.165, 1.54) is 25.7 Å². The molecule has 0 saturated heterocycles. The fraction of sp³-hybridized carbons (Fsp3) is 1.00. The zero-order valence-electron chi connectivity index (χ0n) is 11.9. The van der Waals surface area contributed by atoms with Gasteiger partial charge in [0.15, 0.2) is 0 Å². The molecule has 0 heterocycles. The van der Waals surface area contributed by atoms with E-state index < -0.39 is 16.1 Å². The lowest BCUT2D eigenvalue weighted by Gasteiger charge is -2.54. The molecule has 1 aliphatic carbocycles. The molecule has 0 radical (unpaired) electrons. The molecule has 0 aromatic rings. The maximum absolute atomic E-state index is 2.63. The fourth-order valence-corrected chi connectivity index (χ4v) is 11.5. The summed E-state index contributed by atoms with van der Waals surface area (Å²) in [6.45, 7) is 18.1. The monoisotopic (exact) mass is 242 g/mol. The molecule has 0 spiro atoms. The van der Waals surface area contributed by atoms with E-state index in [4.69, 9.17) is 0 Å². The van der Waals surface area contributed by atoms with E-state index in [0.717, 1.165) is 10.6 Å². The van der Waals surface area contributed by atoms with Crippen molar-refractivity contribution in [2.75, 3.05) is 0 Å². The van der Waals surface area contributed by atoms with Gasteiger partial charge in [-0.05, 0) is 10.6 Å². The molecule has 0 bridgehead atoms. The Hall–Kier alpha value is 0.434. The summed E-state index contributed by atoms with van der Waals surface area (Å²) in [5.41, 5.74) is 1.07. The molecular weight excluding hydrogens is 212 g/mol. The SMILES string of the molecule is CC1([Si](C)(C)C)CCCCC1[Si](C)(C)C. The van der Waals surface area contributed by atoms with E-state index in [1.807, 2.05) is 0 Å². The van der Waals surface area contributed by atoms with Gasteiger partial charge in [0, 0.05) is 8.07 Å². The molecule has 1 aliphatic rings. The average molecular weight is 243 g/mol. The molecule has 1 fully saturated rings. The first-order valence-corrected chi connectivity index (χ1v) is 13.7. The molecule has 90 valence electrons. The first-order chi connectivity index (χ1) is 6.59. The molecule has 0 aromatic carbocycles. The van der Waals surface area contributed by atoms with Gasteiger partial charge < -0.3 is 0 Å². The van der Waals surface area contributed by atoms with Crippen molar-refractivity contribution in [1.29, 1.82) is 0 Å². The summed E-state index contributed by atoms with van der Waals surface area (Å²) >= 11 is 0. The summed E-state index contributed by atoms with van der Waals surface area (Å²) < 4.78 is 0. The Morgan fingerprint density at radius 3 is 1.80 bits per heavy atom. The molecule has 0 aromatic heterocycles. The van der Waals surface area contributed by atoms with Gasteiger partial charge in [0.25, 0.3) is 0 Å². The molecule has 2 unspecified atom stereocenters. The summed E-state index contributed by atoms with van der Waals surface area (Å²) in [7, 11) is -1.99. The minimum Gasteiger partial charge on any atom is -0.0693 e. The fourth-order valence-electron chi connectivity index (χ4n) is 3.62. The highest BCUT2D eigenvalue weighted by molar-refractivity contribution is 6.84. The summed E-state index contributed by atoms with van der Waals surface area (Å²) in [6.07, 6.45) is 6.02. The Labute approximate surface area is 98.9 Å². The van der Waals surface area contributed by atoms with Crippen LogP contribution in [0.15, 0.2) is 0 Å². The van der Waals surface area contributed by atoms with Gasteiger partial charge in [0.2, 0.25) is 0 Å². The van der Waals surface area contributed by atoms with Crippen molar-refractivity contribution in [2.24, 2.45) is 0 Å². The molecule has 2 heteroatoms. The highest BCUT2D eigenvalue weighted by Gasteiger charge is 2.50. The van der Waals surface area contributed by atoms with E-state index in [-0.39, 0.29) is 0 Å². The van der Waals surface area contributed by atoms with Crippen molar-refractivity contribution in [2.45, 2.75) is 82.5 Å². The maximum atomic E-state index is 2.63. The van der Waals surface area contributed by atoms with E-state index in [9.17, 15) is 0 Å². The van der Waals surface area contributed by atoms with Gasteiger partial charge in [-0.2, -0.15) is 0 Å². The molecule has 2 atom stereocenters. The summed E-state index contributed by atoms with van der Waals surface area (Å²) in [4.78, 5) is 0. The largest absolute Gasteiger partial charge is 0.0693 e. The molecule has 1 saturated carbocycles. The Morgan fingerprint density at radius 1 is 0.933 bits per heavy atom. The summed E-state index contributed by atoms with van der Waals surface area (Å²) in [5, 5.41) is 0.718. The number of rotatable bonds is 2. The van der Waals surface area contributed by atoms with Crippen LogP contribution in [0.3, 0.4) is 0 Å². The molecule has 1 rings (SSSR count). The van der Waals surface area contributed by atoms with Crippen molar-refractivity contribution >= 4 is 16.1 Å². The van der Waals surface area contributed by atoms with Crippen LogP contribution in [-0.4, -0.2) is 16.1 Å². The lowest BCUT2D eigenvalue weighted by atomic mass is 9.89. The van der Waals surface area contributed by atoms with E-state index >= 15 is 0 Å². The van der Waals surface area contributed by atoms with Crippen LogP contribution < -0.4 is 0 Å². The van der Waals surface area contributed by atoms with Crippen molar-refractivity contribution < 1.29 is 0 Å². The second kappa shape index (κ2) is 4.03. The van der Waals surface area contributed by atoms with Crippen molar-refractivity contribution in [3.63, 3.8) is 0 Å². The Morgan fingerprint density at radius 2 is 1.47 bits per heavy atom. The minimum atomic E-state index is -1.02. The third kappa shape index (κ3) is 2.58. The van der Waals surface area contributed by atoms with Crippen LogP contribution in [0.1, 0.15) is 32.6 Å². The molecule has 0 aliphatic heterocycles. The number of hydrogen-bond donors (Lipinski definition) is 0. The molecule has 0 N–H and O–H groups in total. The van der Waals surface area contributed by atoms with Crippen molar-refractivity contribution in [3.8, 4) is 0 Å². The van der Waals surface area contributed by atoms with Gasteiger partial charge in [-0.3, -0.25) is 0 Å². The lowest BCUT2D eigenvalue weighted by Crippen LogP contribution is -2.49. The summed E-state index contributed by atoms with van der Waals surface area (Å²) in [6, 6.07) is 0. The van der Waals surface area contributed by atoms with Crippen LogP contribution in [0.5, 0.6) is 0 Å². The van der Waals surface area contributed by atoms with Gasteiger partial charge in [-0.15, -0.1) is 0 Å². The maximum Gasteiger partial charge on any atom is 0.0502 e. The van der Waals surface area contributed by atoms with Crippen LogP contribution in [0.25, 0.3) is 0 Å². The first-order valence-electron chi connectivity index (χ1n) is 6.59. The van der Waals surface area contributed by atoms with Crippen LogP contribution in [0.2, 0.25) is 49.9 Å². The number of hydrogen-bond acceptors (Lipinski definition) is 0. The van der Waals surface area contributed by atoms with E-state index in [2.05, 4.69) is 46.2 Å². The highest BCUT2D eigenvalue weighted by Crippen LogP contribution is 2.60. The Kier molecular flexibility index (Phi) is 3.62. The van der Waals surface area contributed by atoms with Crippen molar-refractivity contribution in [3.05, 3.63) is 0 Å². The standard InChI is InChI=1S/C13H30Si2/c1-13(15(5,6)7)11-9-8-10-12(13)14(2,3)4/h12H,8-11H2,1-7H3. The normalized spacial score (nSPS) is 34.2. The summed E-state index contributed by atoms with van der Waals surface area (Å²) in [5.74, 6) is 0. The quantitative estimate of drug-likeness (QED) is 0.571. The van der Waals surface area contributed by atoms with Gasteiger partial charge in [-0.25, -0.2) is 0 Å². The zero-order valence-corrected chi connectivity index (χ0v) is 13.9. The molecule has 0 nitrogen and oxygen atoms in total. The Bertz CT molecular complexity index is 222. The average Bonchev–Trinajstić information content (AvgIpc) is 2.00.